The van der Waals surface area contributed by atoms with Crippen molar-refractivity contribution in [2.45, 2.75) is 13.0 Å². The molecule has 1 aromatic carbocycles. The summed E-state index contributed by atoms with van der Waals surface area (Å²) in [5.41, 5.74) is 0.636. The van der Waals surface area contributed by atoms with Gasteiger partial charge in [-0.15, -0.1) is 0 Å². The number of ether oxygens (including phenoxy) is 2. The van der Waals surface area contributed by atoms with E-state index in [0.717, 1.165) is 0 Å². The van der Waals surface area contributed by atoms with E-state index in [0.29, 0.717) is 17.1 Å². The van der Waals surface area contributed by atoms with Crippen molar-refractivity contribution in [3.63, 3.8) is 0 Å². The van der Waals surface area contributed by atoms with Crippen LogP contribution in [0.1, 0.15) is 18.6 Å². The third kappa shape index (κ3) is 1.90. The molecule has 4 heteroatoms. The number of benzene rings is 1. The lowest BCUT2D eigenvalue weighted by atomic mass is 10.1. The molecule has 0 saturated carbocycles. The minimum Gasteiger partial charge on any atom is -0.502 e. The molecule has 0 aliphatic rings. The van der Waals surface area contributed by atoms with Gasteiger partial charge in [-0.25, -0.2) is 0 Å². The summed E-state index contributed by atoms with van der Waals surface area (Å²) in [5.74, 6) is 0.528. The highest BCUT2D eigenvalue weighted by Gasteiger charge is 2.13. The zero-order valence-corrected chi connectivity index (χ0v) is 8.44. The zero-order chi connectivity index (χ0) is 10.7. The third-order valence-electron chi connectivity index (χ3n) is 1.98. The lowest BCUT2D eigenvalue weighted by molar-refractivity contribution is 0.198. The number of phenols is 1. The Kier molecular flexibility index (Phi) is 3.19. The molecule has 0 saturated heterocycles. The zero-order valence-electron chi connectivity index (χ0n) is 8.44. The molecule has 0 radical (unpaired) electrons. The molecule has 1 rings (SSSR count). The first-order valence-electron chi connectivity index (χ1n) is 4.23. The summed E-state index contributed by atoms with van der Waals surface area (Å²) in [6.45, 7) is 1.63. The molecule has 0 aromatic heterocycles. The topological polar surface area (TPSA) is 58.9 Å². The molecule has 0 fully saturated rings. The first kappa shape index (κ1) is 10.7. The highest BCUT2D eigenvalue weighted by molar-refractivity contribution is 5.53. The molecule has 14 heavy (non-hydrogen) atoms. The van der Waals surface area contributed by atoms with Crippen LogP contribution in [0.15, 0.2) is 12.1 Å². The third-order valence-corrected chi connectivity index (χ3v) is 1.98. The Hall–Kier alpha value is -1.42. The van der Waals surface area contributed by atoms with E-state index < -0.39 is 6.10 Å². The molecule has 1 unspecified atom stereocenters. The fourth-order valence-electron chi connectivity index (χ4n) is 1.15. The van der Waals surface area contributed by atoms with Gasteiger partial charge < -0.3 is 19.7 Å². The number of phenolic OH excluding ortho intramolecular Hbond substituents is 1. The van der Waals surface area contributed by atoms with Crippen LogP contribution in [0.3, 0.4) is 0 Å². The maximum Gasteiger partial charge on any atom is 0.200 e. The van der Waals surface area contributed by atoms with Crippen molar-refractivity contribution >= 4 is 0 Å². The predicted molar refractivity (Wildman–Crippen MR) is 51.8 cm³/mol. The number of rotatable bonds is 3. The maximum absolute atomic E-state index is 9.56. The van der Waals surface area contributed by atoms with Gasteiger partial charge in [-0.05, 0) is 24.6 Å². The van der Waals surface area contributed by atoms with Gasteiger partial charge in [-0.1, -0.05) is 0 Å². The largest absolute Gasteiger partial charge is 0.502 e. The van der Waals surface area contributed by atoms with Crippen molar-refractivity contribution in [2.75, 3.05) is 14.2 Å². The van der Waals surface area contributed by atoms with Crippen LogP contribution < -0.4 is 9.47 Å². The fraction of sp³-hybridized carbons (Fsp3) is 0.400. The summed E-state index contributed by atoms with van der Waals surface area (Å²) in [6.07, 6.45) is -0.626. The van der Waals surface area contributed by atoms with Crippen LogP contribution in [0.25, 0.3) is 0 Å². The molecule has 0 bridgehead atoms. The number of methoxy groups -OCH3 is 2. The van der Waals surface area contributed by atoms with Crippen molar-refractivity contribution < 1.29 is 19.7 Å². The minimum atomic E-state index is -0.626. The van der Waals surface area contributed by atoms with E-state index in [1.165, 1.54) is 14.2 Å². The predicted octanol–water partition coefficient (Wildman–Crippen LogP) is 1.46. The van der Waals surface area contributed by atoms with Gasteiger partial charge in [0, 0.05) is 0 Å². The van der Waals surface area contributed by atoms with E-state index in [9.17, 15) is 10.2 Å². The van der Waals surface area contributed by atoms with E-state index in [1.807, 2.05) is 0 Å². The lowest BCUT2D eigenvalue weighted by Crippen LogP contribution is -1.95. The summed E-state index contributed by atoms with van der Waals surface area (Å²) < 4.78 is 9.87. The van der Waals surface area contributed by atoms with Crippen LogP contribution >= 0.6 is 0 Å². The Balaban J connectivity index is 3.25. The Morgan fingerprint density at radius 2 is 1.57 bits per heavy atom. The van der Waals surface area contributed by atoms with Gasteiger partial charge in [0.2, 0.25) is 5.75 Å². The van der Waals surface area contributed by atoms with E-state index in [1.54, 1.807) is 19.1 Å². The highest BCUT2D eigenvalue weighted by atomic mass is 16.5. The second kappa shape index (κ2) is 4.19. The molecule has 2 N–H and O–H groups in total. The van der Waals surface area contributed by atoms with Crippen LogP contribution in [-0.2, 0) is 0 Å². The average molecular weight is 198 g/mol. The molecular weight excluding hydrogens is 184 g/mol. The molecule has 0 aliphatic heterocycles. The summed E-state index contributed by atoms with van der Waals surface area (Å²) >= 11 is 0. The first-order valence-corrected chi connectivity index (χ1v) is 4.23. The molecule has 4 nitrogen and oxygen atoms in total. The summed E-state index contributed by atoms with van der Waals surface area (Å²) in [4.78, 5) is 0. The first-order chi connectivity index (χ1) is 6.60. The van der Waals surface area contributed by atoms with Gasteiger partial charge in [-0.3, -0.25) is 0 Å². The second-order valence-electron chi connectivity index (χ2n) is 2.95. The minimum absolute atomic E-state index is 0.0561. The highest BCUT2D eigenvalue weighted by Crippen LogP contribution is 2.38. The SMILES string of the molecule is COc1cc(C(C)O)cc(OC)c1O. The Morgan fingerprint density at radius 1 is 1.14 bits per heavy atom. The van der Waals surface area contributed by atoms with Crippen molar-refractivity contribution in [3.8, 4) is 17.2 Å². The van der Waals surface area contributed by atoms with Gasteiger partial charge in [0.25, 0.3) is 0 Å². The van der Waals surface area contributed by atoms with Crippen LogP contribution in [0, 0.1) is 0 Å². The van der Waals surface area contributed by atoms with Gasteiger partial charge in [0.1, 0.15) is 0 Å². The van der Waals surface area contributed by atoms with E-state index in [2.05, 4.69) is 0 Å². The molecule has 0 aliphatic carbocycles. The van der Waals surface area contributed by atoms with Crippen molar-refractivity contribution in [1.82, 2.24) is 0 Å². The molecule has 1 atom stereocenters. The normalized spacial score (nSPS) is 12.3. The summed E-state index contributed by atoms with van der Waals surface area (Å²) in [7, 11) is 2.89. The molecule has 1 aromatic rings. The van der Waals surface area contributed by atoms with Crippen molar-refractivity contribution in [3.05, 3.63) is 17.7 Å². The molecule has 0 spiro atoms. The van der Waals surface area contributed by atoms with Gasteiger partial charge >= 0.3 is 0 Å². The van der Waals surface area contributed by atoms with E-state index >= 15 is 0 Å². The Morgan fingerprint density at radius 3 is 1.86 bits per heavy atom. The summed E-state index contributed by atoms with van der Waals surface area (Å²) in [5, 5.41) is 18.9. The molecular formula is C10H14O4. The van der Waals surface area contributed by atoms with Crippen molar-refractivity contribution in [1.29, 1.82) is 0 Å². The fourth-order valence-corrected chi connectivity index (χ4v) is 1.15. The van der Waals surface area contributed by atoms with E-state index in [-0.39, 0.29) is 5.75 Å². The molecule has 0 amide bonds. The van der Waals surface area contributed by atoms with Crippen LogP contribution in [0.5, 0.6) is 17.2 Å². The number of aliphatic hydroxyl groups is 1. The van der Waals surface area contributed by atoms with Crippen LogP contribution in [0.2, 0.25) is 0 Å². The standard InChI is InChI=1S/C10H14O4/c1-6(11)7-4-8(13-2)10(12)9(5-7)14-3/h4-6,11-12H,1-3H3. The molecule has 78 valence electrons. The Labute approximate surface area is 82.7 Å². The number of aliphatic hydroxyl groups excluding tert-OH is 1. The van der Waals surface area contributed by atoms with Crippen LogP contribution in [-0.4, -0.2) is 24.4 Å². The quantitative estimate of drug-likeness (QED) is 0.772. The number of hydrogen-bond acceptors (Lipinski definition) is 4. The monoisotopic (exact) mass is 198 g/mol. The van der Waals surface area contributed by atoms with Gasteiger partial charge in [0.05, 0.1) is 20.3 Å². The average Bonchev–Trinajstić information content (AvgIpc) is 2.17. The number of hydrogen-bond donors (Lipinski definition) is 2. The Bertz CT molecular complexity index is 295. The van der Waals surface area contributed by atoms with E-state index in [4.69, 9.17) is 9.47 Å². The molecule has 0 heterocycles. The summed E-state index contributed by atoms with van der Waals surface area (Å²) in [6, 6.07) is 3.14. The van der Waals surface area contributed by atoms with Crippen LogP contribution in [0.4, 0.5) is 0 Å². The number of aromatic hydroxyl groups is 1. The maximum atomic E-state index is 9.56. The van der Waals surface area contributed by atoms with Gasteiger partial charge in [-0.2, -0.15) is 0 Å². The smallest absolute Gasteiger partial charge is 0.200 e. The van der Waals surface area contributed by atoms with Crippen molar-refractivity contribution in [2.24, 2.45) is 0 Å². The second-order valence-corrected chi connectivity index (χ2v) is 2.95. The lowest BCUT2D eigenvalue weighted by Gasteiger charge is -2.12. The van der Waals surface area contributed by atoms with Gasteiger partial charge in [0.15, 0.2) is 11.5 Å².